The topological polar surface area (TPSA) is 71.2 Å². The van der Waals surface area contributed by atoms with Gasteiger partial charge in [0.1, 0.15) is 11.7 Å². The van der Waals surface area contributed by atoms with Crippen LogP contribution in [0.5, 0.6) is 0 Å². The van der Waals surface area contributed by atoms with Crippen LogP contribution in [0.1, 0.15) is 31.2 Å². The summed E-state index contributed by atoms with van der Waals surface area (Å²) in [5.41, 5.74) is 0.658. The van der Waals surface area contributed by atoms with E-state index in [1.807, 2.05) is 17.9 Å². The molecular weight excluding hydrogens is 244 g/mol. The van der Waals surface area contributed by atoms with E-state index in [1.165, 1.54) is 0 Å². The van der Waals surface area contributed by atoms with E-state index >= 15 is 0 Å². The minimum atomic E-state index is -0.666. The number of aromatic nitrogens is 2. The smallest absolute Gasteiger partial charge is 0.254 e. The van der Waals surface area contributed by atoms with Gasteiger partial charge in [-0.15, -0.1) is 0 Å². The van der Waals surface area contributed by atoms with Crippen molar-refractivity contribution in [2.75, 3.05) is 13.2 Å². The van der Waals surface area contributed by atoms with Crippen LogP contribution in [-0.4, -0.2) is 39.3 Å². The van der Waals surface area contributed by atoms with Crippen LogP contribution in [0, 0.1) is 11.3 Å². The van der Waals surface area contributed by atoms with E-state index in [4.69, 9.17) is 10.00 Å². The summed E-state index contributed by atoms with van der Waals surface area (Å²) in [7, 11) is 0. The Morgan fingerprint density at radius 3 is 3.11 bits per heavy atom. The molecule has 100 valence electrons. The van der Waals surface area contributed by atoms with E-state index in [-0.39, 0.29) is 5.91 Å². The van der Waals surface area contributed by atoms with E-state index < -0.39 is 5.60 Å². The Kier molecular flexibility index (Phi) is 2.79. The molecule has 0 spiro atoms. The van der Waals surface area contributed by atoms with Gasteiger partial charge in [-0.25, -0.2) is 0 Å². The molecule has 19 heavy (non-hydrogen) atoms. The molecule has 0 aliphatic carbocycles. The van der Waals surface area contributed by atoms with Gasteiger partial charge in [0.05, 0.1) is 18.8 Å². The molecule has 6 nitrogen and oxygen atoms in total. The predicted octanol–water partition coefficient (Wildman–Crippen LogP) is 0.666. The highest BCUT2D eigenvalue weighted by Crippen LogP contribution is 2.28. The van der Waals surface area contributed by atoms with Gasteiger partial charge in [-0.05, 0) is 25.8 Å². The Bertz CT molecular complexity index is 551. The first-order valence-corrected chi connectivity index (χ1v) is 6.52. The van der Waals surface area contributed by atoms with Gasteiger partial charge in [0.15, 0.2) is 5.69 Å². The summed E-state index contributed by atoms with van der Waals surface area (Å²) in [6, 6.07) is 3.78. The average molecular weight is 260 g/mol. The molecule has 1 aromatic rings. The molecule has 6 heteroatoms. The second-order valence-corrected chi connectivity index (χ2v) is 5.27. The third kappa shape index (κ3) is 2.00. The second kappa shape index (κ2) is 4.35. The number of hydrogen-bond acceptors (Lipinski definition) is 4. The van der Waals surface area contributed by atoms with Crippen molar-refractivity contribution < 1.29 is 9.53 Å². The summed E-state index contributed by atoms with van der Waals surface area (Å²) in [6.07, 6.45) is 1.72. The van der Waals surface area contributed by atoms with Gasteiger partial charge in [0, 0.05) is 13.2 Å². The Labute approximate surface area is 111 Å². The van der Waals surface area contributed by atoms with E-state index in [0.717, 1.165) is 18.5 Å². The number of ether oxygens (including phenoxy) is 1. The summed E-state index contributed by atoms with van der Waals surface area (Å²) >= 11 is 0. The van der Waals surface area contributed by atoms with Crippen molar-refractivity contribution in [1.82, 2.24) is 14.7 Å². The Balaban J connectivity index is 1.78. The van der Waals surface area contributed by atoms with Crippen LogP contribution >= 0.6 is 0 Å². The highest BCUT2D eigenvalue weighted by atomic mass is 16.5. The molecule has 2 aliphatic rings. The normalized spacial score (nSPS) is 26.0. The van der Waals surface area contributed by atoms with Gasteiger partial charge >= 0.3 is 0 Å². The average Bonchev–Trinajstić information content (AvgIpc) is 3.03. The zero-order chi connectivity index (χ0) is 13.5. The van der Waals surface area contributed by atoms with E-state index in [0.29, 0.717) is 31.9 Å². The van der Waals surface area contributed by atoms with E-state index in [9.17, 15) is 4.79 Å². The third-order valence-electron chi connectivity index (χ3n) is 3.87. The van der Waals surface area contributed by atoms with Gasteiger partial charge in [0.25, 0.3) is 5.91 Å². The van der Waals surface area contributed by atoms with Crippen molar-refractivity contribution in [3.63, 3.8) is 0 Å². The molecule has 3 rings (SSSR count). The SMILES string of the molecule is C[C@]1(C(=O)N2CCn3nc(C#N)cc3C2)CCCO1. The van der Waals surface area contributed by atoms with Crippen molar-refractivity contribution in [2.24, 2.45) is 0 Å². The monoisotopic (exact) mass is 260 g/mol. The lowest BCUT2D eigenvalue weighted by atomic mass is 10.0. The lowest BCUT2D eigenvalue weighted by molar-refractivity contribution is -0.152. The van der Waals surface area contributed by atoms with Crippen molar-refractivity contribution >= 4 is 5.91 Å². The first-order valence-electron chi connectivity index (χ1n) is 6.52. The first-order chi connectivity index (χ1) is 9.12. The Morgan fingerprint density at radius 1 is 1.58 bits per heavy atom. The molecule has 2 aliphatic heterocycles. The van der Waals surface area contributed by atoms with Gasteiger partial charge in [-0.2, -0.15) is 10.4 Å². The quantitative estimate of drug-likeness (QED) is 0.744. The standard InChI is InChI=1S/C13H16N4O2/c1-13(3-2-6-19-13)12(18)16-4-5-17-11(9-16)7-10(8-14)15-17/h7H,2-6,9H2,1H3/t13-/m1/s1. The fourth-order valence-corrected chi connectivity index (χ4v) is 2.78. The number of carbonyl (C=O) groups is 1. The molecule has 0 aromatic carbocycles. The van der Waals surface area contributed by atoms with Crippen LogP contribution in [-0.2, 0) is 22.6 Å². The number of nitrogens with zero attached hydrogens (tertiary/aromatic N) is 4. The summed E-state index contributed by atoms with van der Waals surface area (Å²) < 4.78 is 7.41. The number of hydrogen-bond donors (Lipinski definition) is 0. The maximum atomic E-state index is 12.5. The minimum absolute atomic E-state index is 0.0518. The molecule has 0 N–H and O–H groups in total. The number of nitriles is 1. The molecule has 1 fully saturated rings. The van der Waals surface area contributed by atoms with Crippen molar-refractivity contribution in [2.45, 2.75) is 38.5 Å². The number of fused-ring (bicyclic) bond motifs is 1. The van der Waals surface area contributed by atoms with Gasteiger partial charge in [-0.1, -0.05) is 0 Å². The first kappa shape index (κ1) is 12.2. The largest absolute Gasteiger partial charge is 0.365 e. The van der Waals surface area contributed by atoms with Gasteiger partial charge in [-0.3, -0.25) is 9.48 Å². The molecule has 0 saturated carbocycles. The van der Waals surface area contributed by atoms with Gasteiger partial charge in [0.2, 0.25) is 0 Å². The maximum absolute atomic E-state index is 12.5. The van der Waals surface area contributed by atoms with Crippen LogP contribution in [0.15, 0.2) is 6.07 Å². The molecular formula is C13H16N4O2. The number of carbonyl (C=O) groups excluding carboxylic acids is 1. The lowest BCUT2D eigenvalue weighted by Gasteiger charge is -2.33. The van der Waals surface area contributed by atoms with Crippen molar-refractivity contribution in [3.05, 3.63) is 17.5 Å². The van der Waals surface area contributed by atoms with Crippen LogP contribution in [0.3, 0.4) is 0 Å². The Morgan fingerprint density at radius 2 is 2.42 bits per heavy atom. The van der Waals surface area contributed by atoms with Crippen molar-refractivity contribution in [3.8, 4) is 6.07 Å². The van der Waals surface area contributed by atoms with Crippen molar-refractivity contribution in [1.29, 1.82) is 5.26 Å². The van der Waals surface area contributed by atoms with E-state index in [1.54, 1.807) is 10.7 Å². The van der Waals surface area contributed by atoms with Crippen LogP contribution in [0.2, 0.25) is 0 Å². The highest BCUT2D eigenvalue weighted by molar-refractivity contribution is 5.85. The molecule has 1 amide bonds. The number of amides is 1. The fraction of sp³-hybridized carbons (Fsp3) is 0.615. The zero-order valence-electron chi connectivity index (χ0n) is 10.9. The number of rotatable bonds is 1. The summed E-state index contributed by atoms with van der Waals surface area (Å²) in [5, 5.41) is 13.0. The predicted molar refractivity (Wildman–Crippen MR) is 66.0 cm³/mol. The molecule has 3 heterocycles. The minimum Gasteiger partial charge on any atom is -0.365 e. The summed E-state index contributed by atoms with van der Waals surface area (Å²) in [5.74, 6) is 0.0518. The molecule has 0 radical (unpaired) electrons. The molecule has 1 saturated heterocycles. The molecule has 1 atom stereocenters. The van der Waals surface area contributed by atoms with Crippen LogP contribution in [0.4, 0.5) is 0 Å². The lowest BCUT2D eigenvalue weighted by Crippen LogP contribution is -2.49. The Hall–Kier alpha value is -1.87. The maximum Gasteiger partial charge on any atom is 0.254 e. The third-order valence-corrected chi connectivity index (χ3v) is 3.87. The molecule has 1 aromatic heterocycles. The second-order valence-electron chi connectivity index (χ2n) is 5.27. The highest BCUT2D eigenvalue weighted by Gasteiger charge is 2.41. The van der Waals surface area contributed by atoms with Gasteiger partial charge < -0.3 is 9.64 Å². The summed E-state index contributed by atoms with van der Waals surface area (Å²) in [4.78, 5) is 14.3. The van der Waals surface area contributed by atoms with E-state index in [2.05, 4.69) is 5.10 Å². The van der Waals surface area contributed by atoms with Crippen LogP contribution in [0.25, 0.3) is 0 Å². The fourth-order valence-electron chi connectivity index (χ4n) is 2.78. The van der Waals surface area contributed by atoms with Crippen LogP contribution < -0.4 is 0 Å². The zero-order valence-corrected chi connectivity index (χ0v) is 10.9. The summed E-state index contributed by atoms with van der Waals surface area (Å²) in [6.45, 7) is 4.30. The molecule has 0 bridgehead atoms. The molecule has 0 unspecified atom stereocenters.